The Hall–Kier alpha value is -4.40. The number of hydrogen-bond acceptors (Lipinski definition) is 6. The van der Waals surface area contributed by atoms with E-state index < -0.39 is 24.6 Å². The summed E-state index contributed by atoms with van der Waals surface area (Å²) in [4.78, 5) is 47.6. The summed E-state index contributed by atoms with van der Waals surface area (Å²) in [5.74, 6) is -1.39. The molecule has 9 nitrogen and oxygen atoms in total. The van der Waals surface area contributed by atoms with Gasteiger partial charge in [-0.25, -0.2) is 14.4 Å². The molecule has 3 rings (SSSR count). The van der Waals surface area contributed by atoms with E-state index in [2.05, 4.69) is 5.32 Å². The van der Waals surface area contributed by atoms with Crippen LogP contribution in [-0.2, 0) is 16.0 Å². The van der Waals surface area contributed by atoms with Gasteiger partial charge in [-0.15, -0.1) is 0 Å². The highest BCUT2D eigenvalue weighted by Crippen LogP contribution is 2.22. The lowest BCUT2D eigenvalue weighted by Crippen LogP contribution is -2.28. The molecular formula is C25H25N3O6. The fourth-order valence-electron chi connectivity index (χ4n) is 3.55. The predicted molar refractivity (Wildman–Crippen MR) is 124 cm³/mol. The van der Waals surface area contributed by atoms with Gasteiger partial charge in [0.2, 0.25) is 5.78 Å². The monoisotopic (exact) mass is 463 g/mol. The highest BCUT2D eigenvalue weighted by molar-refractivity contribution is 6.00. The SMILES string of the molecule is COC(=O)c1ccc(-n2c(C)cc(C(=O)COC(=O)c3ccc(CNC(N)=O)cc3)c2C)cc1. The second kappa shape index (κ2) is 10.5. The molecule has 9 heteroatoms. The lowest BCUT2D eigenvalue weighted by Gasteiger charge is -2.11. The van der Waals surface area contributed by atoms with Crippen LogP contribution < -0.4 is 11.1 Å². The zero-order valence-electron chi connectivity index (χ0n) is 19.1. The zero-order valence-corrected chi connectivity index (χ0v) is 19.1. The molecule has 1 heterocycles. The zero-order chi connectivity index (χ0) is 24.8. The maximum Gasteiger partial charge on any atom is 0.338 e. The Labute approximate surface area is 196 Å². The van der Waals surface area contributed by atoms with Crippen molar-refractivity contribution in [3.63, 3.8) is 0 Å². The average Bonchev–Trinajstić information content (AvgIpc) is 3.14. The molecule has 1 aromatic heterocycles. The van der Waals surface area contributed by atoms with Crippen LogP contribution in [0.2, 0.25) is 0 Å². The summed E-state index contributed by atoms with van der Waals surface area (Å²) < 4.78 is 11.8. The third kappa shape index (κ3) is 5.50. The molecule has 2 aromatic carbocycles. The second-order valence-corrected chi connectivity index (χ2v) is 7.57. The molecule has 0 radical (unpaired) electrons. The largest absolute Gasteiger partial charge is 0.465 e. The van der Waals surface area contributed by atoms with Crippen molar-refractivity contribution < 1.29 is 28.7 Å². The van der Waals surface area contributed by atoms with Crippen LogP contribution in [0.4, 0.5) is 4.79 Å². The number of aromatic nitrogens is 1. The predicted octanol–water partition coefficient (Wildman–Crippen LogP) is 3.09. The maximum atomic E-state index is 12.8. The van der Waals surface area contributed by atoms with Crippen molar-refractivity contribution >= 4 is 23.8 Å². The number of ether oxygens (including phenoxy) is 2. The van der Waals surface area contributed by atoms with Crippen molar-refractivity contribution in [2.24, 2.45) is 5.73 Å². The van der Waals surface area contributed by atoms with E-state index >= 15 is 0 Å². The molecule has 0 unspecified atom stereocenters. The number of carbonyl (C=O) groups excluding carboxylic acids is 4. The van der Waals surface area contributed by atoms with Crippen LogP contribution >= 0.6 is 0 Å². The van der Waals surface area contributed by atoms with E-state index in [1.807, 2.05) is 11.5 Å². The van der Waals surface area contributed by atoms with Gasteiger partial charge in [-0.3, -0.25) is 4.79 Å². The number of carbonyl (C=O) groups is 4. The summed E-state index contributed by atoms with van der Waals surface area (Å²) in [5.41, 5.74) is 9.24. The van der Waals surface area contributed by atoms with Gasteiger partial charge in [0.1, 0.15) is 0 Å². The van der Waals surface area contributed by atoms with E-state index in [1.54, 1.807) is 61.5 Å². The van der Waals surface area contributed by atoms with Gasteiger partial charge in [0.25, 0.3) is 0 Å². The summed E-state index contributed by atoms with van der Waals surface area (Å²) >= 11 is 0. The minimum absolute atomic E-state index is 0.240. The van der Waals surface area contributed by atoms with Gasteiger partial charge >= 0.3 is 18.0 Å². The van der Waals surface area contributed by atoms with Crippen molar-refractivity contribution in [3.05, 3.63) is 88.2 Å². The van der Waals surface area contributed by atoms with Gasteiger partial charge in [0.15, 0.2) is 6.61 Å². The molecule has 0 saturated heterocycles. The van der Waals surface area contributed by atoms with E-state index in [9.17, 15) is 19.2 Å². The van der Waals surface area contributed by atoms with Crippen molar-refractivity contribution in [3.8, 4) is 5.69 Å². The van der Waals surface area contributed by atoms with E-state index in [-0.39, 0.29) is 17.9 Å². The highest BCUT2D eigenvalue weighted by Gasteiger charge is 2.19. The van der Waals surface area contributed by atoms with E-state index in [1.165, 1.54) is 7.11 Å². The first-order valence-corrected chi connectivity index (χ1v) is 10.4. The molecular weight excluding hydrogens is 438 g/mol. The van der Waals surface area contributed by atoms with Crippen LogP contribution in [0.25, 0.3) is 5.69 Å². The summed E-state index contributed by atoms with van der Waals surface area (Å²) in [7, 11) is 1.32. The van der Waals surface area contributed by atoms with Gasteiger partial charge in [0, 0.05) is 29.2 Å². The van der Waals surface area contributed by atoms with Gasteiger partial charge in [0.05, 0.1) is 18.2 Å². The molecule has 3 N–H and O–H groups in total. The fourth-order valence-corrected chi connectivity index (χ4v) is 3.55. The van der Waals surface area contributed by atoms with Crippen molar-refractivity contribution in [2.45, 2.75) is 20.4 Å². The fraction of sp³-hybridized carbons (Fsp3) is 0.200. The molecule has 0 saturated carbocycles. The van der Waals surface area contributed by atoms with Gasteiger partial charge in [-0.1, -0.05) is 12.1 Å². The molecule has 0 aliphatic rings. The molecule has 0 bridgehead atoms. The number of ketones is 1. The quantitative estimate of drug-likeness (QED) is 0.390. The molecule has 176 valence electrons. The van der Waals surface area contributed by atoms with Crippen molar-refractivity contribution in [1.82, 2.24) is 9.88 Å². The van der Waals surface area contributed by atoms with E-state index in [4.69, 9.17) is 15.2 Å². The number of amides is 2. The lowest BCUT2D eigenvalue weighted by atomic mass is 10.1. The van der Waals surface area contributed by atoms with Gasteiger partial charge < -0.3 is 25.1 Å². The number of methoxy groups -OCH3 is 1. The van der Waals surface area contributed by atoms with Crippen LogP contribution in [0.1, 0.15) is 48.0 Å². The van der Waals surface area contributed by atoms with E-state index in [0.29, 0.717) is 16.8 Å². The minimum atomic E-state index is -0.639. The summed E-state index contributed by atoms with van der Waals surface area (Å²) in [6.07, 6.45) is 0. The molecule has 0 aliphatic carbocycles. The Kier molecular flexibility index (Phi) is 7.47. The molecule has 0 fully saturated rings. The van der Waals surface area contributed by atoms with Crippen LogP contribution in [0.3, 0.4) is 0 Å². The van der Waals surface area contributed by atoms with Crippen LogP contribution in [0, 0.1) is 13.8 Å². The summed E-state index contributed by atoms with van der Waals surface area (Å²) in [5, 5.41) is 2.46. The molecule has 34 heavy (non-hydrogen) atoms. The molecule has 2 amide bonds. The normalized spacial score (nSPS) is 10.4. The summed E-state index contributed by atoms with van der Waals surface area (Å²) in [6.45, 7) is 3.49. The maximum absolute atomic E-state index is 12.8. The summed E-state index contributed by atoms with van der Waals surface area (Å²) in [6, 6.07) is 14.4. The number of urea groups is 1. The standard InChI is InChI=1S/C25H25N3O6/c1-15-12-21(16(2)28(15)20-10-8-18(9-11-20)23(30)33-3)22(29)14-34-24(31)19-6-4-17(5-7-19)13-27-25(26)32/h4-12H,13-14H2,1-3H3,(H3,26,27,32). The van der Waals surface area contributed by atoms with Crippen LogP contribution in [0.15, 0.2) is 54.6 Å². The Bertz CT molecular complexity index is 1230. The molecule has 3 aromatic rings. The minimum Gasteiger partial charge on any atom is -0.465 e. The van der Waals surface area contributed by atoms with Gasteiger partial charge in [-0.05, 0) is 61.9 Å². The van der Waals surface area contributed by atoms with Gasteiger partial charge in [-0.2, -0.15) is 0 Å². The molecule has 0 spiro atoms. The number of hydrogen-bond donors (Lipinski definition) is 2. The number of nitrogens with zero attached hydrogens (tertiary/aromatic N) is 1. The highest BCUT2D eigenvalue weighted by atomic mass is 16.5. The second-order valence-electron chi connectivity index (χ2n) is 7.57. The first-order chi connectivity index (χ1) is 16.2. The number of primary amides is 1. The number of Topliss-reactive ketones (excluding diaryl/α,β-unsaturated/α-hetero) is 1. The average molecular weight is 463 g/mol. The third-order valence-electron chi connectivity index (χ3n) is 5.27. The first-order valence-electron chi connectivity index (χ1n) is 10.4. The first kappa shape index (κ1) is 24.2. The topological polar surface area (TPSA) is 130 Å². The Balaban J connectivity index is 1.67. The smallest absolute Gasteiger partial charge is 0.338 e. The Morgan fingerprint density at radius 3 is 2.09 bits per heavy atom. The van der Waals surface area contributed by atoms with Crippen molar-refractivity contribution in [2.75, 3.05) is 13.7 Å². The molecule has 0 atom stereocenters. The lowest BCUT2D eigenvalue weighted by molar-refractivity contribution is 0.0474. The number of rotatable bonds is 8. The molecule has 0 aliphatic heterocycles. The van der Waals surface area contributed by atoms with Crippen LogP contribution in [0.5, 0.6) is 0 Å². The Morgan fingerprint density at radius 2 is 1.50 bits per heavy atom. The van der Waals surface area contributed by atoms with Crippen molar-refractivity contribution in [1.29, 1.82) is 0 Å². The number of aryl methyl sites for hydroxylation is 1. The number of benzene rings is 2. The number of esters is 2. The third-order valence-corrected chi connectivity index (χ3v) is 5.27. The van der Waals surface area contributed by atoms with E-state index in [0.717, 1.165) is 16.9 Å². The number of nitrogens with two attached hydrogens (primary N) is 1. The van der Waals surface area contributed by atoms with Crippen LogP contribution in [-0.4, -0.2) is 42.0 Å². The number of nitrogens with one attached hydrogen (secondary N) is 1. The Morgan fingerprint density at radius 1 is 0.912 bits per heavy atom.